The van der Waals surface area contributed by atoms with E-state index in [4.69, 9.17) is 10.1 Å². The Bertz CT molecular complexity index is 17.1. The molecule has 0 spiro atoms. The molecule has 0 heterocycles. The van der Waals surface area contributed by atoms with E-state index in [9.17, 15) is 0 Å². The van der Waals surface area contributed by atoms with Crippen LogP contribution < -0.4 is 18.9 Å². The van der Waals surface area contributed by atoms with Crippen LogP contribution in [0.25, 0.3) is 0 Å². The molecule has 5 heavy (non-hydrogen) atoms. The molecule has 0 aromatic carbocycles. The van der Waals surface area contributed by atoms with Gasteiger partial charge in [0.1, 0.15) is 0 Å². The van der Waals surface area contributed by atoms with Crippen molar-refractivity contribution < 1.29 is 18.9 Å². The molecule has 0 bridgehead atoms. The van der Waals surface area contributed by atoms with Crippen LogP contribution in [0.3, 0.4) is 0 Å². The summed E-state index contributed by atoms with van der Waals surface area (Å²) in [6.07, 6.45) is 0. The van der Waals surface area contributed by atoms with E-state index in [1.54, 1.807) is 0 Å². The second kappa shape index (κ2) is 25.5. The van der Waals surface area contributed by atoms with Crippen LogP contribution in [0.4, 0.5) is 0 Å². The summed E-state index contributed by atoms with van der Waals surface area (Å²) in [5.41, 5.74) is 0. The van der Waals surface area contributed by atoms with Crippen molar-refractivity contribution in [2.45, 2.75) is 0 Å². The van der Waals surface area contributed by atoms with E-state index in [0.29, 0.717) is 0 Å². The first-order valence-corrected chi connectivity index (χ1v) is 0.365. The van der Waals surface area contributed by atoms with E-state index in [1.165, 1.54) is 0 Å². The Kier molecular flexibility index (Phi) is 92.2. The molecule has 0 N–H and O–H groups in total. The Hall–Kier alpha value is 0.427. The predicted octanol–water partition coefficient (Wildman–Crippen LogP) is -1.88. The molecular formula is LiNO2P. The van der Waals surface area contributed by atoms with Crippen molar-refractivity contribution in [2.24, 2.45) is 5.34 Å². The smallest absolute Gasteiger partial charge is 0.444 e. The minimum atomic E-state index is 0. The van der Waals surface area contributed by atoms with Crippen molar-refractivity contribution in [3.63, 3.8) is 0 Å². The first-order chi connectivity index (χ1) is 1.41. The molecule has 5 heteroatoms. The molecule has 23 valence electrons. The Labute approximate surface area is 44.9 Å². The van der Waals surface area contributed by atoms with Crippen LogP contribution >= 0.6 is 9.90 Å². The molecule has 0 rings (SSSR count). The van der Waals surface area contributed by atoms with Crippen molar-refractivity contribution in [2.75, 3.05) is 0 Å². The van der Waals surface area contributed by atoms with Gasteiger partial charge in [0.05, 0.1) is 0 Å². The minimum Gasteiger partial charge on any atom is -0.444 e. The fourth-order valence-electron chi connectivity index (χ4n) is 0. The molecular weight excluding hydrogens is 83.9 g/mol. The molecule has 0 unspecified atom stereocenters. The van der Waals surface area contributed by atoms with Crippen LogP contribution in [0.5, 0.6) is 0 Å². The Morgan fingerprint density at radius 2 is 1.60 bits per heavy atom. The summed E-state index contributed by atoms with van der Waals surface area (Å²) in [5, 5.41) is 9.00. The van der Waals surface area contributed by atoms with Crippen LogP contribution in [-0.2, 0) is 0 Å². The molecule has 0 atom stereocenters. The van der Waals surface area contributed by atoms with Gasteiger partial charge in [0, 0.05) is 9.90 Å². The molecule has 0 saturated carbocycles. The summed E-state index contributed by atoms with van der Waals surface area (Å²) in [6, 6.07) is 0. The van der Waals surface area contributed by atoms with Crippen LogP contribution in [-0.4, -0.2) is 0 Å². The molecule has 0 aromatic rings. The third kappa shape index (κ3) is 143. The zero-order chi connectivity index (χ0) is 2.71. The third-order valence-electron chi connectivity index (χ3n) is 0. The number of hydrogen-bond donors (Lipinski definition) is 0. The van der Waals surface area contributed by atoms with Gasteiger partial charge in [0.2, 0.25) is 0 Å². The van der Waals surface area contributed by atoms with Crippen LogP contribution in [0, 0.1) is 10.1 Å². The van der Waals surface area contributed by atoms with E-state index < -0.39 is 0 Å². The maximum Gasteiger partial charge on any atom is 1.00 e. The molecule has 0 amide bonds. The van der Waals surface area contributed by atoms with E-state index in [2.05, 4.69) is 0 Å². The van der Waals surface area contributed by atoms with Crippen LogP contribution in [0.1, 0.15) is 0 Å². The average molecular weight is 83.9 g/mol. The summed E-state index contributed by atoms with van der Waals surface area (Å²) in [5.74, 6) is 0. The van der Waals surface area contributed by atoms with Gasteiger partial charge in [-0.25, -0.2) is 0 Å². The van der Waals surface area contributed by atoms with E-state index in [0.717, 1.165) is 5.34 Å². The standard InChI is InChI=1S/Li.HNO2.P/c;2-1-3;/h;(H,2,3);/q+1;;/p-1. The van der Waals surface area contributed by atoms with Gasteiger partial charge in [0.15, 0.2) is 0 Å². The van der Waals surface area contributed by atoms with Crippen molar-refractivity contribution >= 4 is 9.90 Å². The first-order valence-electron chi connectivity index (χ1n) is 0.365. The van der Waals surface area contributed by atoms with Gasteiger partial charge in [-0.15, -0.1) is 5.34 Å². The molecule has 0 fully saturated rings. The number of rotatable bonds is 0. The van der Waals surface area contributed by atoms with Crippen molar-refractivity contribution in [1.82, 2.24) is 0 Å². The fraction of sp³-hybridized carbons (Fsp3) is 0. The van der Waals surface area contributed by atoms with Crippen LogP contribution in [0.15, 0.2) is 5.34 Å². The van der Waals surface area contributed by atoms with Gasteiger partial charge in [0.25, 0.3) is 0 Å². The zero-order valence-corrected chi connectivity index (χ0v) is 3.61. The van der Waals surface area contributed by atoms with Gasteiger partial charge in [-0.05, 0) is 0 Å². The van der Waals surface area contributed by atoms with Crippen molar-refractivity contribution in [3.05, 3.63) is 10.1 Å². The summed E-state index contributed by atoms with van der Waals surface area (Å²) in [6.45, 7) is 0. The summed E-state index contributed by atoms with van der Waals surface area (Å²) >= 11 is 0. The van der Waals surface area contributed by atoms with Crippen LogP contribution in [0.2, 0.25) is 0 Å². The minimum absolute atomic E-state index is 0. The Morgan fingerprint density at radius 3 is 1.60 bits per heavy atom. The molecule has 3 nitrogen and oxygen atoms in total. The molecule has 0 aromatic heterocycles. The SMILES string of the molecule is O=N[O-].[Li+].[P]. The van der Waals surface area contributed by atoms with Gasteiger partial charge < -0.3 is 10.1 Å². The third-order valence-corrected chi connectivity index (χ3v) is 0. The zero-order valence-electron chi connectivity index (χ0n) is 2.71. The van der Waals surface area contributed by atoms with E-state index in [1.807, 2.05) is 0 Å². The molecule has 3 radical (unpaired) electrons. The van der Waals surface area contributed by atoms with E-state index in [-0.39, 0.29) is 28.8 Å². The van der Waals surface area contributed by atoms with Crippen molar-refractivity contribution in [1.29, 1.82) is 0 Å². The summed E-state index contributed by atoms with van der Waals surface area (Å²) in [4.78, 5) is 8.00. The van der Waals surface area contributed by atoms with Gasteiger partial charge in [-0.1, -0.05) is 0 Å². The average Bonchev–Trinajstić information content (AvgIpc) is 0.918. The second-order valence-corrected chi connectivity index (χ2v) is 0.0745. The van der Waals surface area contributed by atoms with Crippen molar-refractivity contribution in [3.8, 4) is 0 Å². The second-order valence-electron chi connectivity index (χ2n) is 0.0745. The Balaban J connectivity index is -0.0000000200. The normalized spacial score (nSPS) is 2.40. The Morgan fingerprint density at radius 1 is 1.60 bits per heavy atom. The molecule has 0 saturated heterocycles. The van der Waals surface area contributed by atoms with Gasteiger partial charge in [-0.2, -0.15) is 0 Å². The number of nitrogens with zero attached hydrogens (tertiary/aromatic N) is 1. The molecule has 0 aliphatic rings. The monoisotopic (exact) mass is 84.0 g/mol. The maximum atomic E-state index is 8.00. The van der Waals surface area contributed by atoms with Gasteiger partial charge >= 0.3 is 18.9 Å². The van der Waals surface area contributed by atoms with E-state index >= 15 is 0 Å². The quantitative estimate of drug-likeness (QED) is 0.149. The fourth-order valence-corrected chi connectivity index (χ4v) is 0. The largest absolute Gasteiger partial charge is 1.00 e. The topological polar surface area (TPSA) is 52.5 Å². The molecule has 0 aliphatic heterocycles. The number of hydrogen-bond acceptors (Lipinski definition) is 3. The van der Waals surface area contributed by atoms with Gasteiger partial charge in [-0.3, -0.25) is 0 Å². The first kappa shape index (κ1) is 18.1. The summed E-state index contributed by atoms with van der Waals surface area (Å²) in [7, 11) is 0. The maximum absolute atomic E-state index is 8.00. The summed E-state index contributed by atoms with van der Waals surface area (Å²) < 4.78 is 0. The molecule has 0 aliphatic carbocycles. The predicted molar refractivity (Wildman–Crippen MR) is 16.1 cm³/mol.